The van der Waals surface area contributed by atoms with Gasteiger partial charge in [-0.05, 0) is 18.2 Å². The highest BCUT2D eigenvalue weighted by atomic mass is 35.5. The van der Waals surface area contributed by atoms with Crippen LogP contribution in [0.5, 0.6) is 0 Å². The maximum Gasteiger partial charge on any atom is 0.416 e. The van der Waals surface area contributed by atoms with Gasteiger partial charge in [0.25, 0.3) is 6.01 Å². The third-order valence-electron chi connectivity index (χ3n) is 2.20. The van der Waals surface area contributed by atoms with Gasteiger partial charge in [-0.25, -0.2) is 4.79 Å². The van der Waals surface area contributed by atoms with Crippen LogP contribution in [0.2, 0.25) is 5.02 Å². The number of nitrogens with zero attached hydrogens (tertiary/aromatic N) is 1. The summed E-state index contributed by atoms with van der Waals surface area (Å²) >= 11 is 5.59. The number of hydrogen-bond donors (Lipinski definition) is 2. The summed E-state index contributed by atoms with van der Waals surface area (Å²) in [6.45, 7) is 0. The van der Waals surface area contributed by atoms with E-state index in [1.54, 1.807) is 0 Å². The van der Waals surface area contributed by atoms with Crippen LogP contribution in [0.15, 0.2) is 28.9 Å². The molecule has 2 aromatic rings. The predicted molar refractivity (Wildman–Crippen MR) is 63.2 cm³/mol. The fraction of sp³-hybridized carbons (Fsp3) is 0.0909. The molecule has 1 aromatic carbocycles. The predicted octanol–water partition coefficient (Wildman–Crippen LogP) is 3.79. The van der Waals surface area contributed by atoms with E-state index in [4.69, 9.17) is 21.1 Å². The maximum absolute atomic E-state index is 12.6. The summed E-state index contributed by atoms with van der Waals surface area (Å²) in [4.78, 5) is 14.1. The molecule has 20 heavy (non-hydrogen) atoms. The van der Waals surface area contributed by atoms with Gasteiger partial charge in [0.15, 0.2) is 5.69 Å². The largest absolute Gasteiger partial charge is 0.476 e. The number of carboxylic acids is 1. The van der Waals surface area contributed by atoms with Crippen molar-refractivity contribution in [3.05, 3.63) is 40.7 Å². The highest BCUT2D eigenvalue weighted by molar-refractivity contribution is 6.31. The van der Waals surface area contributed by atoms with Crippen molar-refractivity contribution in [3.8, 4) is 0 Å². The number of rotatable bonds is 3. The van der Waals surface area contributed by atoms with Crippen LogP contribution in [0.1, 0.15) is 16.1 Å². The maximum atomic E-state index is 12.6. The van der Waals surface area contributed by atoms with Crippen molar-refractivity contribution in [3.63, 3.8) is 0 Å². The molecule has 0 fully saturated rings. The molecule has 0 saturated heterocycles. The number of aromatic nitrogens is 1. The molecule has 9 heteroatoms. The van der Waals surface area contributed by atoms with Crippen LogP contribution in [-0.4, -0.2) is 16.1 Å². The standard InChI is InChI=1S/C11H6ClF3N2O3/c12-6-1-5(11(13,14)15)2-7(3-6)16-10-17-8(4-20-10)9(18)19/h1-4H,(H,16,17)(H,18,19). The highest BCUT2D eigenvalue weighted by Gasteiger charge is 2.31. The molecule has 0 saturated carbocycles. The molecule has 0 aliphatic carbocycles. The van der Waals surface area contributed by atoms with E-state index in [-0.39, 0.29) is 22.4 Å². The molecule has 0 unspecified atom stereocenters. The minimum atomic E-state index is -4.55. The van der Waals surface area contributed by atoms with Gasteiger partial charge in [0, 0.05) is 10.7 Å². The molecule has 0 aliphatic heterocycles. The first-order valence-corrected chi connectivity index (χ1v) is 5.47. The number of oxazole rings is 1. The molecule has 1 heterocycles. The summed E-state index contributed by atoms with van der Waals surface area (Å²) in [5, 5.41) is 10.9. The molecule has 2 N–H and O–H groups in total. The van der Waals surface area contributed by atoms with Gasteiger partial charge in [-0.1, -0.05) is 11.6 Å². The van der Waals surface area contributed by atoms with Crippen molar-refractivity contribution >= 4 is 29.3 Å². The molecule has 2 rings (SSSR count). The fourth-order valence-electron chi connectivity index (χ4n) is 1.38. The van der Waals surface area contributed by atoms with Crippen LogP contribution in [0.4, 0.5) is 24.9 Å². The van der Waals surface area contributed by atoms with E-state index in [1.807, 2.05) is 0 Å². The van der Waals surface area contributed by atoms with E-state index < -0.39 is 17.7 Å². The number of aromatic carboxylic acids is 1. The van der Waals surface area contributed by atoms with Crippen LogP contribution >= 0.6 is 11.6 Å². The van der Waals surface area contributed by atoms with Gasteiger partial charge in [0.1, 0.15) is 6.26 Å². The lowest BCUT2D eigenvalue weighted by molar-refractivity contribution is -0.137. The Hall–Kier alpha value is -2.22. The fourth-order valence-corrected chi connectivity index (χ4v) is 1.61. The zero-order valence-electron chi connectivity index (χ0n) is 9.53. The van der Waals surface area contributed by atoms with Gasteiger partial charge in [0.05, 0.1) is 5.56 Å². The minimum Gasteiger partial charge on any atom is -0.476 e. The Kier molecular flexibility index (Phi) is 3.58. The number of carboxylic acid groups (broad SMARTS) is 1. The Morgan fingerprint density at radius 2 is 2.05 bits per heavy atom. The van der Waals surface area contributed by atoms with E-state index in [2.05, 4.69) is 10.3 Å². The van der Waals surface area contributed by atoms with E-state index in [0.717, 1.165) is 18.4 Å². The monoisotopic (exact) mass is 306 g/mol. The molecule has 106 valence electrons. The van der Waals surface area contributed by atoms with Crippen molar-refractivity contribution in [1.29, 1.82) is 0 Å². The van der Waals surface area contributed by atoms with Crippen LogP contribution < -0.4 is 5.32 Å². The number of halogens is 4. The molecular weight excluding hydrogens is 301 g/mol. The third-order valence-corrected chi connectivity index (χ3v) is 2.42. The van der Waals surface area contributed by atoms with Gasteiger partial charge in [-0.3, -0.25) is 0 Å². The second kappa shape index (κ2) is 5.04. The summed E-state index contributed by atoms with van der Waals surface area (Å²) in [6, 6.07) is 2.54. The molecule has 0 spiro atoms. The minimum absolute atomic E-state index is 0.0244. The number of nitrogens with one attached hydrogen (secondary N) is 1. The summed E-state index contributed by atoms with van der Waals surface area (Å²) in [5.41, 5.74) is -1.34. The molecule has 0 aliphatic rings. The molecule has 0 amide bonds. The van der Waals surface area contributed by atoms with Crippen molar-refractivity contribution in [1.82, 2.24) is 4.98 Å². The lowest BCUT2D eigenvalue weighted by Crippen LogP contribution is -2.05. The Morgan fingerprint density at radius 3 is 2.60 bits per heavy atom. The number of carbonyl (C=O) groups is 1. The number of hydrogen-bond acceptors (Lipinski definition) is 4. The zero-order valence-corrected chi connectivity index (χ0v) is 10.3. The molecule has 1 aromatic heterocycles. The van der Waals surface area contributed by atoms with Crippen LogP contribution in [0.25, 0.3) is 0 Å². The number of benzene rings is 1. The quantitative estimate of drug-likeness (QED) is 0.902. The Labute approximate surface area is 115 Å². The summed E-state index contributed by atoms with van der Waals surface area (Å²) < 4.78 is 42.5. The third kappa shape index (κ3) is 3.21. The molecule has 0 atom stereocenters. The lowest BCUT2D eigenvalue weighted by Gasteiger charge is -2.09. The molecule has 0 bridgehead atoms. The summed E-state index contributed by atoms with van der Waals surface area (Å²) in [5.74, 6) is -1.32. The van der Waals surface area contributed by atoms with Gasteiger partial charge in [0.2, 0.25) is 0 Å². The summed E-state index contributed by atoms with van der Waals surface area (Å²) in [7, 11) is 0. The molecule has 5 nitrogen and oxygen atoms in total. The molecule has 0 radical (unpaired) electrons. The normalized spacial score (nSPS) is 11.4. The lowest BCUT2D eigenvalue weighted by atomic mass is 10.2. The zero-order chi connectivity index (χ0) is 14.9. The first kappa shape index (κ1) is 14.2. The van der Waals surface area contributed by atoms with Gasteiger partial charge >= 0.3 is 12.1 Å². The summed E-state index contributed by atoms with van der Waals surface area (Å²) in [6.07, 6.45) is -3.69. The van der Waals surface area contributed by atoms with Crippen molar-refractivity contribution < 1.29 is 27.5 Å². The Bertz CT molecular complexity index is 655. The van der Waals surface area contributed by atoms with Gasteiger partial charge in [-0.15, -0.1) is 0 Å². The first-order valence-electron chi connectivity index (χ1n) is 5.09. The van der Waals surface area contributed by atoms with Crippen molar-refractivity contribution in [2.24, 2.45) is 0 Å². The van der Waals surface area contributed by atoms with Crippen molar-refractivity contribution in [2.75, 3.05) is 5.32 Å². The Morgan fingerprint density at radius 1 is 1.35 bits per heavy atom. The number of anilines is 2. The van der Waals surface area contributed by atoms with E-state index >= 15 is 0 Å². The van der Waals surface area contributed by atoms with Gasteiger partial charge in [-0.2, -0.15) is 18.2 Å². The Balaban J connectivity index is 2.28. The second-order valence-electron chi connectivity index (χ2n) is 3.69. The van der Waals surface area contributed by atoms with E-state index in [1.165, 1.54) is 6.07 Å². The van der Waals surface area contributed by atoms with E-state index in [9.17, 15) is 18.0 Å². The van der Waals surface area contributed by atoms with Gasteiger partial charge < -0.3 is 14.8 Å². The number of alkyl halides is 3. The van der Waals surface area contributed by atoms with Crippen molar-refractivity contribution in [2.45, 2.75) is 6.18 Å². The van der Waals surface area contributed by atoms with Crippen LogP contribution in [0.3, 0.4) is 0 Å². The molecular formula is C11H6ClF3N2O3. The average Bonchev–Trinajstić information content (AvgIpc) is 2.75. The topological polar surface area (TPSA) is 75.4 Å². The smallest absolute Gasteiger partial charge is 0.416 e. The highest BCUT2D eigenvalue weighted by Crippen LogP contribution is 2.33. The SMILES string of the molecule is O=C(O)c1coc(Nc2cc(Cl)cc(C(F)(F)F)c2)n1. The van der Waals surface area contributed by atoms with Crippen LogP contribution in [-0.2, 0) is 6.18 Å². The van der Waals surface area contributed by atoms with Crippen LogP contribution in [0, 0.1) is 0 Å². The first-order chi connectivity index (χ1) is 9.25. The average molecular weight is 307 g/mol. The second-order valence-corrected chi connectivity index (χ2v) is 4.13. The van der Waals surface area contributed by atoms with E-state index in [0.29, 0.717) is 0 Å².